The van der Waals surface area contributed by atoms with Crippen molar-refractivity contribution in [1.29, 1.82) is 5.26 Å². The number of anilines is 1. The van der Waals surface area contributed by atoms with E-state index >= 15 is 0 Å². The third-order valence-electron chi connectivity index (χ3n) is 3.07. The molecule has 0 spiro atoms. The van der Waals surface area contributed by atoms with E-state index in [1.54, 1.807) is 24.5 Å². The van der Waals surface area contributed by atoms with Gasteiger partial charge in [-0.15, -0.1) is 0 Å². The first-order chi connectivity index (χ1) is 9.86. The third-order valence-corrected chi connectivity index (χ3v) is 3.07. The molecule has 0 aliphatic heterocycles. The second-order valence-electron chi connectivity index (χ2n) is 4.39. The van der Waals surface area contributed by atoms with Gasteiger partial charge in [0, 0.05) is 24.3 Å². The van der Waals surface area contributed by atoms with E-state index in [-0.39, 0.29) is 0 Å². The molecule has 0 fully saturated rings. The maximum atomic E-state index is 8.87. The lowest BCUT2D eigenvalue weighted by molar-refractivity contribution is 1.11. The number of nitriles is 1. The lowest BCUT2D eigenvalue weighted by atomic mass is 10.1. The van der Waals surface area contributed by atoms with Crippen molar-refractivity contribution in [3.63, 3.8) is 0 Å². The molecular weight excluding hydrogens is 248 g/mol. The van der Waals surface area contributed by atoms with Crippen molar-refractivity contribution >= 4 is 16.7 Å². The summed E-state index contributed by atoms with van der Waals surface area (Å²) in [5, 5.41) is 13.2. The van der Waals surface area contributed by atoms with Crippen LogP contribution in [0.4, 0.5) is 5.82 Å². The van der Waals surface area contributed by atoms with Crippen LogP contribution in [0, 0.1) is 11.3 Å². The number of nitrogens with zero attached hydrogens (tertiary/aromatic N) is 3. The van der Waals surface area contributed by atoms with E-state index in [0.29, 0.717) is 17.9 Å². The molecule has 4 heteroatoms. The summed E-state index contributed by atoms with van der Waals surface area (Å²) in [5.41, 5.74) is 2.68. The number of aromatic nitrogens is 2. The zero-order valence-corrected chi connectivity index (χ0v) is 10.7. The number of hydrogen-bond donors (Lipinski definition) is 1. The summed E-state index contributed by atoms with van der Waals surface area (Å²) in [6, 6.07) is 15.6. The van der Waals surface area contributed by atoms with Gasteiger partial charge >= 0.3 is 0 Å². The third kappa shape index (κ3) is 2.43. The van der Waals surface area contributed by atoms with Gasteiger partial charge in [-0.3, -0.25) is 4.98 Å². The fourth-order valence-corrected chi connectivity index (χ4v) is 2.09. The SMILES string of the molecule is N#Cc1ccnc(NCc2cccc3cccnc23)c1. The van der Waals surface area contributed by atoms with Gasteiger partial charge in [-0.25, -0.2) is 4.98 Å². The predicted molar refractivity (Wildman–Crippen MR) is 78.0 cm³/mol. The molecule has 0 aliphatic carbocycles. The highest BCUT2D eigenvalue weighted by atomic mass is 15.0. The smallest absolute Gasteiger partial charge is 0.127 e. The topological polar surface area (TPSA) is 61.6 Å². The molecule has 96 valence electrons. The monoisotopic (exact) mass is 260 g/mol. The molecule has 0 amide bonds. The Labute approximate surface area is 116 Å². The largest absolute Gasteiger partial charge is 0.366 e. The highest BCUT2D eigenvalue weighted by Crippen LogP contribution is 2.17. The molecule has 1 aromatic carbocycles. The number of benzene rings is 1. The number of pyridine rings is 2. The maximum absolute atomic E-state index is 8.87. The second-order valence-corrected chi connectivity index (χ2v) is 4.39. The Hall–Kier alpha value is -2.93. The van der Waals surface area contributed by atoms with Crippen molar-refractivity contribution in [1.82, 2.24) is 9.97 Å². The number of hydrogen-bond acceptors (Lipinski definition) is 4. The Morgan fingerprint density at radius 1 is 1.05 bits per heavy atom. The van der Waals surface area contributed by atoms with E-state index in [1.807, 2.05) is 30.3 Å². The Morgan fingerprint density at radius 2 is 1.95 bits per heavy atom. The summed E-state index contributed by atoms with van der Waals surface area (Å²) in [5.74, 6) is 0.692. The Bertz CT molecular complexity index is 784. The first kappa shape index (κ1) is 12.1. The molecular formula is C16H12N4. The average molecular weight is 260 g/mol. The summed E-state index contributed by atoms with van der Waals surface area (Å²) < 4.78 is 0. The molecule has 2 aromatic heterocycles. The highest BCUT2D eigenvalue weighted by molar-refractivity contribution is 5.81. The standard InChI is InChI=1S/C16H12N4/c17-10-12-6-8-18-15(9-12)20-11-14-4-1-3-13-5-2-7-19-16(13)14/h1-9H,11H2,(H,18,20). The van der Waals surface area contributed by atoms with Crippen LogP contribution in [-0.4, -0.2) is 9.97 Å². The predicted octanol–water partition coefficient (Wildman–Crippen LogP) is 3.11. The highest BCUT2D eigenvalue weighted by Gasteiger charge is 2.02. The van der Waals surface area contributed by atoms with Crippen molar-refractivity contribution in [3.8, 4) is 6.07 Å². The molecule has 1 N–H and O–H groups in total. The quantitative estimate of drug-likeness (QED) is 0.786. The van der Waals surface area contributed by atoms with Crippen molar-refractivity contribution in [3.05, 3.63) is 66.0 Å². The van der Waals surface area contributed by atoms with E-state index < -0.39 is 0 Å². The van der Waals surface area contributed by atoms with Gasteiger partial charge in [0.25, 0.3) is 0 Å². The average Bonchev–Trinajstić information content (AvgIpc) is 2.53. The van der Waals surface area contributed by atoms with E-state index in [0.717, 1.165) is 16.5 Å². The van der Waals surface area contributed by atoms with E-state index in [4.69, 9.17) is 5.26 Å². The van der Waals surface area contributed by atoms with E-state index in [1.165, 1.54) is 0 Å². The minimum atomic E-state index is 0.596. The minimum Gasteiger partial charge on any atom is -0.366 e. The molecule has 20 heavy (non-hydrogen) atoms. The van der Waals surface area contributed by atoms with Crippen LogP contribution in [0.3, 0.4) is 0 Å². The van der Waals surface area contributed by atoms with Crippen LogP contribution in [0.25, 0.3) is 10.9 Å². The van der Waals surface area contributed by atoms with Crippen LogP contribution >= 0.6 is 0 Å². The minimum absolute atomic E-state index is 0.596. The fraction of sp³-hybridized carbons (Fsp3) is 0.0625. The molecule has 0 bridgehead atoms. The van der Waals surface area contributed by atoms with Gasteiger partial charge in [0.05, 0.1) is 17.1 Å². The van der Waals surface area contributed by atoms with Crippen molar-refractivity contribution in [2.75, 3.05) is 5.32 Å². The summed E-state index contributed by atoms with van der Waals surface area (Å²) in [7, 11) is 0. The summed E-state index contributed by atoms with van der Waals surface area (Å²) in [6.07, 6.45) is 3.42. The molecule has 2 heterocycles. The number of para-hydroxylation sites is 1. The zero-order chi connectivity index (χ0) is 13.8. The van der Waals surface area contributed by atoms with Crippen molar-refractivity contribution in [2.45, 2.75) is 6.54 Å². The Balaban J connectivity index is 1.85. The van der Waals surface area contributed by atoms with Crippen LogP contribution in [0.1, 0.15) is 11.1 Å². The summed E-state index contributed by atoms with van der Waals surface area (Å²) in [6.45, 7) is 0.621. The van der Waals surface area contributed by atoms with Crippen LogP contribution in [-0.2, 0) is 6.54 Å². The van der Waals surface area contributed by atoms with Gasteiger partial charge in [-0.1, -0.05) is 24.3 Å². The molecule has 0 unspecified atom stereocenters. The number of fused-ring (bicyclic) bond motifs is 1. The van der Waals surface area contributed by atoms with Gasteiger partial charge in [-0.2, -0.15) is 5.26 Å². The second kappa shape index (κ2) is 5.37. The van der Waals surface area contributed by atoms with Crippen LogP contribution < -0.4 is 5.32 Å². The normalized spacial score (nSPS) is 10.2. The summed E-state index contributed by atoms with van der Waals surface area (Å²) >= 11 is 0. The van der Waals surface area contributed by atoms with Gasteiger partial charge in [0.15, 0.2) is 0 Å². The molecule has 3 aromatic rings. The lowest BCUT2D eigenvalue weighted by Gasteiger charge is -2.08. The number of rotatable bonds is 3. The first-order valence-electron chi connectivity index (χ1n) is 6.29. The molecule has 0 saturated heterocycles. The molecule has 0 saturated carbocycles. The lowest BCUT2D eigenvalue weighted by Crippen LogP contribution is -2.02. The fourth-order valence-electron chi connectivity index (χ4n) is 2.09. The maximum Gasteiger partial charge on any atom is 0.127 e. The molecule has 3 rings (SSSR count). The first-order valence-corrected chi connectivity index (χ1v) is 6.29. The van der Waals surface area contributed by atoms with Crippen LogP contribution in [0.15, 0.2) is 54.9 Å². The van der Waals surface area contributed by atoms with E-state index in [2.05, 4.69) is 21.4 Å². The zero-order valence-electron chi connectivity index (χ0n) is 10.7. The van der Waals surface area contributed by atoms with E-state index in [9.17, 15) is 0 Å². The van der Waals surface area contributed by atoms with Gasteiger partial charge in [-0.05, 0) is 23.8 Å². The van der Waals surface area contributed by atoms with Gasteiger partial charge < -0.3 is 5.32 Å². The number of nitrogens with one attached hydrogen (secondary N) is 1. The van der Waals surface area contributed by atoms with Gasteiger partial charge in [0.2, 0.25) is 0 Å². The van der Waals surface area contributed by atoms with Crippen LogP contribution in [0.2, 0.25) is 0 Å². The summed E-state index contributed by atoms with van der Waals surface area (Å²) in [4.78, 5) is 8.61. The van der Waals surface area contributed by atoms with Crippen molar-refractivity contribution in [2.24, 2.45) is 0 Å². The Kier molecular flexibility index (Phi) is 3.25. The van der Waals surface area contributed by atoms with Crippen LogP contribution in [0.5, 0.6) is 0 Å². The molecule has 0 aliphatic rings. The molecule has 0 radical (unpaired) electrons. The Morgan fingerprint density at radius 3 is 2.85 bits per heavy atom. The van der Waals surface area contributed by atoms with Crippen molar-refractivity contribution < 1.29 is 0 Å². The molecule has 4 nitrogen and oxygen atoms in total. The molecule has 0 atom stereocenters. The van der Waals surface area contributed by atoms with Gasteiger partial charge in [0.1, 0.15) is 5.82 Å².